The molecule has 17 heavy (non-hydrogen) atoms. The number of pyridine rings is 1. The summed E-state index contributed by atoms with van der Waals surface area (Å²) in [5.74, 6) is -0.241. The molecule has 0 aromatic carbocycles. The van der Waals surface area contributed by atoms with Gasteiger partial charge in [-0.2, -0.15) is 0 Å². The van der Waals surface area contributed by atoms with Crippen LogP contribution in [0.25, 0.3) is 0 Å². The molecule has 1 aromatic heterocycles. The first-order valence-corrected chi connectivity index (χ1v) is 5.87. The molecule has 0 fully saturated rings. The van der Waals surface area contributed by atoms with Crippen LogP contribution in [0.3, 0.4) is 0 Å². The van der Waals surface area contributed by atoms with Crippen LogP contribution >= 0.6 is 0 Å². The third-order valence-corrected chi connectivity index (χ3v) is 2.62. The van der Waals surface area contributed by atoms with E-state index in [1.807, 2.05) is 0 Å². The summed E-state index contributed by atoms with van der Waals surface area (Å²) in [6, 6.07) is 4.54. The molecule has 0 unspecified atom stereocenters. The Morgan fingerprint density at radius 1 is 1.35 bits per heavy atom. The van der Waals surface area contributed by atoms with Crippen LogP contribution in [-0.2, 0) is 0 Å². The molecule has 2 N–H and O–H groups in total. The van der Waals surface area contributed by atoms with Crippen molar-refractivity contribution in [3.05, 3.63) is 34.2 Å². The van der Waals surface area contributed by atoms with Gasteiger partial charge in [0.05, 0.1) is 0 Å². The van der Waals surface area contributed by atoms with Gasteiger partial charge in [0.2, 0.25) is 5.56 Å². The molecule has 94 valence electrons. The van der Waals surface area contributed by atoms with Crippen LogP contribution in [0.5, 0.6) is 0 Å². The monoisotopic (exact) mass is 237 g/mol. The Bertz CT molecular complexity index is 410. The quantitative estimate of drug-likeness (QED) is 0.755. The predicted molar refractivity (Wildman–Crippen MR) is 67.2 cm³/mol. The third-order valence-electron chi connectivity index (χ3n) is 2.62. The minimum atomic E-state index is -0.263. The number of aromatic nitrogens is 1. The maximum Gasteiger partial charge on any atom is 0.267 e. The molecule has 1 heterocycles. The van der Waals surface area contributed by atoms with Gasteiger partial charge in [-0.15, -0.1) is 0 Å². The van der Waals surface area contributed by atoms with E-state index in [1.165, 1.54) is 6.07 Å². The normalized spacial score (nSPS) is 10.5. The Hall–Kier alpha value is -1.62. The van der Waals surface area contributed by atoms with E-state index in [9.17, 15) is 9.59 Å². The van der Waals surface area contributed by atoms with E-state index in [4.69, 9.17) is 0 Å². The molecule has 5 nitrogen and oxygen atoms in total. The number of carbonyl (C=O) groups is 1. The first-order valence-electron chi connectivity index (χ1n) is 5.87. The highest BCUT2D eigenvalue weighted by Gasteiger charge is 2.05. The van der Waals surface area contributed by atoms with Gasteiger partial charge >= 0.3 is 0 Å². The molecular weight excluding hydrogens is 218 g/mol. The number of aromatic amines is 1. The number of likely N-dealkylation sites (N-methyl/N-ethyl adjacent to an activating group) is 1. The summed E-state index contributed by atoms with van der Waals surface area (Å²) in [6.07, 6.45) is 0. The lowest BCUT2D eigenvalue weighted by atomic mass is 10.3. The smallest absolute Gasteiger partial charge is 0.267 e. The zero-order valence-electron chi connectivity index (χ0n) is 10.3. The lowest BCUT2D eigenvalue weighted by Gasteiger charge is -2.17. The summed E-state index contributed by atoms with van der Waals surface area (Å²) in [5, 5.41) is 2.77. The summed E-state index contributed by atoms with van der Waals surface area (Å²) in [5.41, 5.74) is 0.0402. The number of H-pyrrole nitrogens is 1. The van der Waals surface area contributed by atoms with Gasteiger partial charge in [-0.1, -0.05) is 19.9 Å². The van der Waals surface area contributed by atoms with E-state index in [2.05, 4.69) is 29.0 Å². The van der Waals surface area contributed by atoms with Crippen LogP contribution in [0.15, 0.2) is 23.0 Å². The summed E-state index contributed by atoms with van der Waals surface area (Å²) in [4.78, 5) is 27.4. The van der Waals surface area contributed by atoms with Crippen molar-refractivity contribution in [2.75, 3.05) is 26.2 Å². The van der Waals surface area contributed by atoms with Crippen LogP contribution in [0.1, 0.15) is 24.3 Å². The van der Waals surface area contributed by atoms with Gasteiger partial charge in [-0.25, -0.2) is 0 Å². The van der Waals surface area contributed by atoms with Crippen molar-refractivity contribution in [3.63, 3.8) is 0 Å². The molecule has 0 atom stereocenters. The SMILES string of the molecule is CCN(CC)CCNC(=O)c1cccc(=O)[nH]1. The average Bonchev–Trinajstić information content (AvgIpc) is 2.34. The highest BCUT2D eigenvalue weighted by Crippen LogP contribution is 1.90. The van der Waals surface area contributed by atoms with Gasteiger partial charge in [-0.05, 0) is 19.2 Å². The van der Waals surface area contributed by atoms with Crippen LogP contribution in [0.4, 0.5) is 0 Å². The van der Waals surface area contributed by atoms with Gasteiger partial charge in [0.15, 0.2) is 0 Å². The zero-order valence-corrected chi connectivity index (χ0v) is 10.3. The summed E-state index contributed by atoms with van der Waals surface area (Å²) < 4.78 is 0. The number of amides is 1. The Balaban J connectivity index is 2.42. The van der Waals surface area contributed by atoms with E-state index in [1.54, 1.807) is 12.1 Å². The maximum atomic E-state index is 11.7. The molecule has 0 aliphatic carbocycles. The molecule has 1 aromatic rings. The fourth-order valence-electron chi connectivity index (χ4n) is 1.54. The Morgan fingerprint density at radius 2 is 2.06 bits per heavy atom. The fraction of sp³-hybridized carbons (Fsp3) is 0.500. The van der Waals surface area contributed by atoms with E-state index in [0.29, 0.717) is 12.2 Å². The number of rotatable bonds is 6. The molecule has 1 amide bonds. The van der Waals surface area contributed by atoms with E-state index >= 15 is 0 Å². The lowest BCUT2D eigenvalue weighted by Crippen LogP contribution is -2.35. The summed E-state index contributed by atoms with van der Waals surface area (Å²) in [7, 11) is 0. The number of hydrogen-bond acceptors (Lipinski definition) is 3. The zero-order chi connectivity index (χ0) is 12.7. The summed E-state index contributed by atoms with van der Waals surface area (Å²) >= 11 is 0. The highest BCUT2D eigenvalue weighted by molar-refractivity contribution is 5.92. The second kappa shape index (κ2) is 6.85. The van der Waals surface area contributed by atoms with Crippen molar-refractivity contribution < 1.29 is 4.79 Å². The first kappa shape index (κ1) is 13.4. The van der Waals surface area contributed by atoms with Crippen molar-refractivity contribution in [1.82, 2.24) is 15.2 Å². The molecule has 0 aliphatic heterocycles. The third kappa shape index (κ3) is 4.40. The number of nitrogens with zero attached hydrogens (tertiary/aromatic N) is 1. The predicted octanol–water partition coefficient (Wildman–Crippen LogP) is 0.446. The largest absolute Gasteiger partial charge is 0.349 e. The van der Waals surface area contributed by atoms with Crippen LogP contribution in [-0.4, -0.2) is 42.0 Å². The Labute approximate surface area is 101 Å². The van der Waals surface area contributed by atoms with Gasteiger partial charge in [0.1, 0.15) is 5.69 Å². The van der Waals surface area contributed by atoms with E-state index < -0.39 is 0 Å². The molecule has 0 spiro atoms. The van der Waals surface area contributed by atoms with Crippen molar-refractivity contribution >= 4 is 5.91 Å². The second-order valence-electron chi connectivity index (χ2n) is 3.71. The van der Waals surface area contributed by atoms with Crippen LogP contribution in [0.2, 0.25) is 0 Å². The summed E-state index contributed by atoms with van der Waals surface area (Å²) in [6.45, 7) is 7.50. The van der Waals surface area contributed by atoms with E-state index in [0.717, 1.165) is 19.6 Å². The van der Waals surface area contributed by atoms with Crippen molar-refractivity contribution in [3.8, 4) is 0 Å². The van der Waals surface area contributed by atoms with Gasteiger partial charge in [0.25, 0.3) is 5.91 Å². The Morgan fingerprint density at radius 3 is 2.65 bits per heavy atom. The topological polar surface area (TPSA) is 65.2 Å². The minimum Gasteiger partial charge on any atom is -0.349 e. The maximum absolute atomic E-state index is 11.7. The van der Waals surface area contributed by atoms with Gasteiger partial charge in [0, 0.05) is 19.2 Å². The lowest BCUT2D eigenvalue weighted by molar-refractivity contribution is 0.0943. The molecule has 5 heteroatoms. The standard InChI is InChI=1S/C12H19N3O2/c1-3-15(4-2)9-8-13-12(17)10-6-5-7-11(16)14-10/h5-7H,3-4,8-9H2,1-2H3,(H,13,17)(H,14,16). The second-order valence-corrected chi connectivity index (χ2v) is 3.71. The number of carbonyl (C=O) groups excluding carboxylic acids is 1. The molecule has 1 rings (SSSR count). The molecule has 0 radical (unpaired) electrons. The van der Waals surface area contributed by atoms with E-state index in [-0.39, 0.29) is 11.5 Å². The van der Waals surface area contributed by atoms with Crippen LogP contribution < -0.4 is 10.9 Å². The number of hydrogen-bond donors (Lipinski definition) is 2. The molecular formula is C12H19N3O2. The average molecular weight is 237 g/mol. The van der Waals surface area contributed by atoms with Crippen molar-refractivity contribution in [1.29, 1.82) is 0 Å². The fourth-order valence-corrected chi connectivity index (χ4v) is 1.54. The van der Waals surface area contributed by atoms with Crippen molar-refractivity contribution in [2.45, 2.75) is 13.8 Å². The van der Waals surface area contributed by atoms with Crippen LogP contribution in [0, 0.1) is 0 Å². The van der Waals surface area contributed by atoms with Gasteiger partial charge in [-0.3, -0.25) is 9.59 Å². The van der Waals surface area contributed by atoms with Gasteiger partial charge < -0.3 is 15.2 Å². The van der Waals surface area contributed by atoms with Crippen molar-refractivity contribution in [2.24, 2.45) is 0 Å². The highest BCUT2D eigenvalue weighted by atomic mass is 16.2. The Kier molecular flexibility index (Phi) is 5.42. The molecule has 0 saturated heterocycles. The number of nitrogens with one attached hydrogen (secondary N) is 2. The molecule has 0 aliphatic rings. The molecule has 0 saturated carbocycles. The first-order chi connectivity index (χ1) is 8.17. The molecule has 0 bridgehead atoms. The minimum absolute atomic E-state index is 0.241.